The van der Waals surface area contributed by atoms with Crippen molar-refractivity contribution in [1.82, 2.24) is 25.0 Å². The van der Waals surface area contributed by atoms with Gasteiger partial charge in [-0.05, 0) is 42.0 Å². The molecule has 0 saturated carbocycles. The summed E-state index contributed by atoms with van der Waals surface area (Å²) in [6.45, 7) is 0. The highest BCUT2D eigenvalue weighted by Gasteiger charge is 2.14. The second-order valence-electron chi connectivity index (χ2n) is 5.35. The number of rotatable bonds is 4. The predicted octanol–water partition coefficient (Wildman–Crippen LogP) is 4.95. The molecule has 0 aliphatic heterocycles. The molecule has 5 nitrogen and oxygen atoms in total. The molecule has 0 unspecified atom stereocenters. The van der Waals surface area contributed by atoms with E-state index in [1.165, 1.54) is 30.2 Å². The molecular weight excluding hydrogens is 396 g/mol. The molecule has 0 saturated heterocycles. The van der Waals surface area contributed by atoms with Gasteiger partial charge in [0.15, 0.2) is 11.2 Å². The van der Waals surface area contributed by atoms with Gasteiger partial charge in [-0.2, -0.15) is 4.68 Å². The van der Waals surface area contributed by atoms with Crippen LogP contribution in [0.4, 0.5) is 4.39 Å². The highest BCUT2D eigenvalue weighted by atomic mass is 35.5. The van der Waals surface area contributed by atoms with E-state index in [9.17, 15) is 4.39 Å². The van der Waals surface area contributed by atoms with Gasteiger partial charge in [-0.1, -0.05) is 46.2 Å². The smallest absolute Gasteiger partial charge is 0.187 e. The van der Waals surface area contributed by atoms with E-state index in [1.807, 2.05) is 6.07 Å². The Morgan fingerprint density at radius 1 is 1.04 bits per heavy atom. The number of halogens is 3. The summed E-state index contributed by atoms with van der Waals surface area (Å²) < 4.78 is 14.7. The maximum absolute atomic E-state index is 13.1. The summed E-state index contributed by atoms with van der Waals surface area (Å²) >= 11 is 13.6. The van der Waals surface area contributed by atoms with Gasteiger partial charge in [0.05, 0.1) is 5.69 Å². The Morgan fingerprint density at radius 3 is 2.62 bits per heavy atom. The van der Waals surface area contributed by atoms with Crippen LogP contribution < -0.4 is 0 Å². The first kappa shape index (κ1) is 17.2. The third-order valence-electron chi connectivity index (χ3n) is 3.65. The van der Waals surface area contributed by atoms with Crippen molar-refractivity contribution >= 4 is 46.1 Å². The quantitative estimate of drug-likeness (QED) is 0.355. The van der Waals surface area contributed by atoms with Crippen LogP contribution in [0.25, 0.3) is 16.9 Å². The van der Waals surface area contributed by atoms with E-state index in [1.54, 1.807) is 28.9 Å². The molecule has 2 aromatic carbocycles. The van der Waals surface area contributed by atoms with Crippen LogP contribution in [0.15, 0.2) is 53.8 Å². The highest BCUT2D eigenvalue weighted by Crippen LogP contribution is 2.30. The lowest BCUT2D eigenvalue weighted by atomic mass is 10.2. The fourth-order valence-electron chi connectivity index (χ4n) is 2.37. The minimum Gasteiger partial charge on any atom is -0.227 e. The predicted molar refractivity (Wildman–Crippen MR) is 100 cm³/mol. The standard InChI is InChI=1S/C17H10Cl2FN5S/c18-11-2-1-10(14(19)7-11)8-26-17-15-16(21-9-22-17)25(24-23-15)13-5-3-12(20)4-6-13/h1-7,9H,8H2. The summed E-state index contributed by atoms with van der Waals surface area (Å²) in [6, 6.07) is 11.3. The molecule has 2 heterocycles. The lowest BCUT2D eigenvalue weighted by Crippen LogP contribution is -1.98. The van der Waals surface area contributed by atoms with Gasteiger partial charge < -0.3 is 0 Å². The van der Waals surface area contributed by atoms with Crippen LogP contribution >= 0.6 is 35.0 Å². The van der Waals surface area contributed by atoms with Crippen molar-refractivity contribution in [2.24, 2.45) is 0 Å². The fourth-order valence-corrected chi connectivity index (χ4v) is 3.86. The molecule has 0 N–H and O–H groups in total. The van der Waals surface area contributed by atoms with E-state index >= 15 is 0 Å². The Balaban J connectivity index is 1.65. The van der Waals surface area contributed by atoms with Crippen molar-refractivity contribution in [3.05, 3.63) is 70.2 Å². The van der Waals surface area contributed by atoms with Crippen molar-refractivity contribution in [3.8, 4) is 5.69 Å². The maximum atomic E-state index is 13.1. The summed E-state index contributed by atoms with van der Waals surface area (Å²) in [6.07, 6.45) is 1.46. The first-order valence-corrected chi connectivity index (χ1v) is 9.25. The van der Waals surface area contributed by atoms with Gasteiger partial charge in [0, 0.05) is 15.8 Å². The van der Waals surface area contributed by atoms with Gasteiger partial charge in [0.25, 0.3) is 0 Å². The van der Waals surface area contributed by atoms with Crippen LogP contribution in [-0.4, -0.2) is 25.0 Å². The van der Waals surface area contributed by atoms with Crippen LogP contribution in [0.2, 0.25) is 10.0 Å². The Bertz CT molecular complexity index is 1080. The fraction of sp³-hybridized carbons (Fsp3) is 0.0588. The third kappa shape index (κ3) is 3.38. The number of thioether (sulfide) groups is 1. The van der Waals surface area contributed by atoms with Gasteiger partial charge in [0.2, 0.25) is 0 Å². The zero-order chi connectivity index (χ0) is 18.1. The number of benzene rings is 2. The number of nitrogens with zero attached hydrogens (tertiary/aromatic N) is 5. The van der Waals surface area contributed by atoms with Gasteiger partial charge in [0.1, 0.15) is 17.2 Å². The van der Waals surface area contributed by atoms with Gasteiger partial charge >= 0.3 is 0 Å². The summed E-state index contributed by atoms with van der Waals surface area (Å²) in [5, 5.41) is 10.2. The van der Waals surface area contributed by atoms with Crippen molar-refractivity contribution in [1.29, 1.82) is 0 Å². The summed E-state index contributed by atoms with van der Waals surface area (Å²) in [4.78, 5) is 8.56. The largest absolute Gasteiger partial charge is 0.227 e. The summed E-state index contributed by atoms with van der Waals surface area (Å²) in [5.41, 5.74) is 2.74. The molecule has 0 bridgehead atoms. The number of hydrogen-bond acceptors (Lipinski definition) is 5. The number of fused-ring (bicyclic) bond motifs is 1. The number of hydrogen-bond donors (Lipinski definition) is 0. The van der Waals surface area contributed by atoms with Crippen LogP contribution in [0.5, 0.6) is 0 Å². The van der Waals surface area contributed by atoms with Crippen LogP contribution in [-0.2, 0) is 5.75 Å². The molecule has 26 heavy (non-hydrogen) atoms. The zero-order valence-corrected chi connectivity index (χ0v) is 15.4. The molecule has 0 spiro atoms. The minimum atomic E-state index is -0.316. The molecular formula is C17H10Cl2FN5S. The van der Waals surface area contributed by atoms with E-state index in [0.717, 1.165) is 5.56 Å². The monoisotopic (exact) mass is 405 g/mol. The minimum absolute atomic E-state index is 0.316. The van der Waals surface area contributed by atoms with Gasteiger partial charge in [-0.25, -0.2) is 14.4 Å². The van der Waals surface area contributed by atoms with Crippen molar-refractivity contribution in [2.45, 2.75) is 10.8 Å². The SMILES string of the molecule is Fc1ccc(-n2nnc3c(SCc4ccc(Cl)cc4Cl)ncnc32)cc1. The summed E-state index contributed by atoms with van der Waals surface area (Å²) in [5.74, 6) is 0.287. The third-order valence-corrected chi connectivity index (χ3v) is 5.27. The molecule has 2 aromatic heterocycles. The molecule has 0 aliphatic rings. The molecule has 4 aromatic rings. The van der Waals surface area contributed by atoms with E-state index in [0.29, 0.717) is 37.7 Å². The van der Waals surface area contributed by atoms with E-state index < -0.39 is 0 Å². The molecule has 130 valence electrons. The Kier molecular flexibility index (Phi) is 4.76. The second-order valence-corrected chi connectivity index (χ2v) is 7.16. The van der Waals surface area contributed by atoms with Crippen LogP contribution in [0.1, 0.15) is 5.56 Å². The lowest BCUT2D eigenvalue weighted by Gasteiger charge is -2.05. The van der Waals surface area contributed by atoms with Crippen LogP contribution in [0.3, 0.4) is 0 Å². The van der Waals surface area contributed by atoms with Gasteiger partial charge in [-0.3, -0.25) is 0 Å². The molecule has 0 radical (unpaired) electrons. The van der Waals surface area contributed by atoms with E-state index in [2.05, 4.69) is 20.3 Å². The average molecular weight is 406 g/mol. The Hall–Kier alpha value is -2.22. The van der Waals surface area contributed by atoms with E-state index in [-0.39, 0.29) is 5.82 Å². The van der Waals surface area contributed by atoms with Crippen molar-refractivity contribution < 1.29 is 4.39 Å². The average Bonchev–Trinajstić information content (AvgIpc) is 3.06. The molecule has 0 fully saturated rings. The second kappa shape index (κ2) is 7.19. The van der Waals surface area contributed by atoms with Gasteiger partial charge in [-0.15, -0.1) is 5.10 Å². The molecule has 4 rings (SSSR count). The molecule has 9 heteroatoms. The topological polar surface area (TPSA) is 56.5 Å². The first-order valence-electron chi connectivity index (χ1n) is 7.51. The summed E-state index contributed by atoms with van der Waals surface area (Å²) in [7, 11) is 0. The molecule has 0 atom stereocenters. The highest BCUT2D eigenvalue weighted by molar-refractivity contribution is 7.98. The van der Waals surface area contributed by atoms with Crippen LogP contribution in [0, 0.1) is 5.82 Å². The molecule has 0 amide bonds. The lowest BCUT2D eigenvalue weighted by molar-refractivity contribution is 0.627. The number of aromatic nitrogens is 5. The zero-order valence-electron chi connectivity index (χ0n) is 13.1. The van der Waals surface area contributed by atoms with E-state index in [4.69, 9.17) is 23.2 Å². The Labute approximate surface area is 162 Å². The molecule has 0 aliphatic carbocycles. The first-order chi connectivity index (χ1) is 12.6. The van der Waals surface area contributed by atoms with Crippen molar-refractivity contribution in [2.75, 3.05) is 0 Å². The maximum Gasteiger partial charge on any atom is 0.187 e. The van der Waals surface area contributed by atoms with Crippen molar-refractivity contribution in [3.63, 3.8) is 0 Å². The Morgan fingerprint density at radius 2 is 1.85 bits per heavy atom. The normalized spacial score (nSPS) is 11.2.